The molecule has 0 radical (unpaired) electrons. The van der Waals surface area contributed by atoms with Gasteiger partial charge in [0.2, 0.25) is 0 Å². The van der Waals surface area contributed by atoms with Crippen LogP contribution in [-0.4, -0.2) is 23.4 Å². The van der Waals surface area contributed by atoms with Crippen molar-refractivity contribution in [1.82, 2.24) is 4.98 Å². The molecule has 0 unspecified atom stereocenters. The summed E-state index contributed by atoms with van der Waals surface area (Å²) < 4.78 is 29.3. The number of non-ortho nitro benzene ring substituents is 1. The molecular weight excluding hydrogens is 498 g/mol. The summed E-state index contributed by atoms with van der Waals surface area (Å²) >= 11 is 1.27. The van der Waals surface area contributed by atoms with Crippen LogP contribution >= 0.6 is 11.8 Å². The van der Waals surface area contributed by atoms with Crippen LogP contribution in [0.2, 0.25) is 0 Å². The second kappa shape index (κ2) is 9.14. The summed E-state index contributed by atoms with van der Waals surface area (Å²) in [6.07, 6.45) is 1.69. The van der Waals surface area contributed by atoms with E-state index >= 15 is 0 Å². The number of hydrogen-bond donors (Lipinski definition) is 2. The van der Waals surface area contributed by atoms with E-state index < -0.39 is 14.9 Å². The number of pyridine rings is 1. The van der Waals surface area contributed by atoms with E-state index in [1.165, 1.54) is 23.9 Å². The quantitative estimate of drug-likeness (QED) is 0.155. The predicted octanol–water partition coefficient (Wildman–Crippen LogP) is 6.26. The van der Waals surface area contributed by atoms with Crippen molar-refractivity contribution < 1.29 is 18.4 Å². The average molecular weight is 518 g/mol. The Balaban J connectivity index is 1.63. The van der Waals surface area contributed by atoms with E-state index in [4.69, 9.17) is 0 Å². The summed E-state index contributed by atoms with van der Waals surface area (Å²) in [5.41, 5.74) is 1.04. The van der Waals surface area contributed by atoms with Crippen LogP contribution in [0.25, 0.3) is 21.7 Å². The molecule has 0 aliphatic heterocycles. The maximum absolute atomic E-state index is 13.4. The van der Waals surface area contributed by atoms with E-state index in [0.29, 0.717) is 21.2 Å². The van der Waals surface area contributed by atoms with Gasteiger partial charge in [0, 0.05) is 39.4 Å². The van der Waals surface area contributed by atoms with Crippen LogP contribution in [-0.2, 0) is 10.0 Å². The minimum absolute atomic E-state index is 0.0120. The van der Waals surface area contributed by atoms with Gasteiger partial charge in [0.1, 0.15) is 5.75 Å². The van der Waals surface area contributed by atoms with Crippen LogP contribution < -0.4 is 4.72 Å². The number of hydrogen-bond acceptors (Lipinski definition) is 7. The number of benzene rings is 4. The van der Waals surface area contributed by atoms with E-state index in [1.807, 2.05) is 30.3 Å². The smallest absolute Gasteiger partial charge is 0.270 e. The number of nitrogens with zero attached hydrogens (tertiary/aromatic N) is 2. The standard InChI is InChI=1S/C26H19N3O5S2/c1-16-11-12-18(29(31)32)14-24(16)36(33,34)28-21-15-23(26(30)20-9-3-2-8-19(20)21)35-22-10-4-6-17-7-5-13-27-25(17)22/h2-15,28,30H,1H3. The van der Waals surface area contributed by atoms with Crippen LogP contribution in [0.3, 0.4) is 0 Å². The Morgan fingerprint density at radius 2 is 1.69 bits per heavy atom. The highest BCUT2D eigenvalue weighted by atomic mass is 32.2. The van der Waals surface area contributed by atoms with E-state index in [0.717, 1.165) is 21.9 Å². The molecular formula is C26H19N3O5S2. The molecule has 1 heterocycles. The third-order valence-electron chi connectivity index (χ3n) is 5.71. The van der Waals surface area contributed by atoms with Gasteiger partial charge in [-0.15, -0.1) is 0 Å². The molecule has 0 saturated carbocycles. The van der Waals surface area contributed by atoms with Crippen molar-refractivity contribution in [2.75, 3.05) is 4.72 Å². The Kier molecular flexibility index (Phi) is 5.99. The van der Waals surface area contributed by atoms with Gasteiger partial charge in [-0.05, 0) is 30.7 Å². The molecule has 0 fully saturated rings. The largest absolute Gasteiger partial charge is 0.506 e. The van der Waals surface area contributed by atoms with Crippen molar-refractivity contribution in [2.45, 2.75) is 21.6 Å². The number of anilines is 1. The number of para-hydroxylation sites is 1. The summed E-state index contributed by atoms with van der Waals surface area (Å²) in [4.78, 5) is 16.1. The first-order chi connectivity index (χ1) is 17.2. The number of phenols is 1. The van der Waals surface area contributed by atoms with Gasteiger partial charge in [-0.2, -0.15) is 0 Å². The van der Waals surface area contributed by atoms with Crippen molar-refractivity contribution in [2.24, 2.45) is 0 Å². The van der Waals surface area contributed by atoms with Crippen LogP contribution in [0.15, 0.2) is 99.7 Å². The molecule has 4 aromatic carbocycles. The van der Waals surface area contributed by atoms with Gasteiger partial charge in [-0.25, -0.2) is 8.42 Å². The van der Waals surface area contributed by atoms with Gasteiger partial charge in [-0.3, -0.25) is 19.8 Å². The topological polar surface area (TPSA) is 122 Å². The number of nitro groups is 1. The lowest BCUT2D eigenvalue weighted by molar-refractivity contribution is -0.385. The summed E-state index contributed by atoms with van der Waals surface area (Å²) in [6.45, 7) is 1.57. The number of rotatable bonds is 6. The molecule has 5 rings (SSSR count). The van der Waals surface area contributed by atoms with Crippen LogP contribution in [0.1, 0.15) is 5.56 Å². The third-order valence-corrected chi connectivity index (χ3v) is 8.30. The van der Waals surface area contributed by atoms with Crippen molar-refractivity contribution in [3.63, 3.8) is 0 Å². The Bertz CT molecular complexity index is 1770. The number of phenolic OH excluding ortho intramolecular Hbond substituents is 1. The van der Waals surface area contributed by atoms with E-state index in [1.54, 1.807) is 43.5 Å². The molecule has 180 valence electrons. The first-order valence-electron chi connectivity index (χ1n) is 10.8. The van der Waals surface area contributed by atoms with Gasteiger partial charge < -0.3 is 5.11 Å². The lowest BCUT2D eigenvalue weighted by Gasteiger charge is -2.16. The highest BCUT2D eigenvalue weighted by Crippen LogP contribution is 2.44. The SMILES string of the molecule is Cc1ccc([N+](=O)[O-])cc1S(=O)(=O)Nc1cc(Sc2cccc3cccnc23)c(O)c2ccccc12. The molecule has 5 aromatic rings. The number of aromatic nitrogens is 1. The average Bonchev–Trinajstić information content (AvgIpc) is 2.87. The van der Waals surface area contributed by atoms with Crippen molar-refractivity contribution in [3.05, 3.63) is 101 Å². The normalized spacial score (nSPS) is 11.6. The molecule has 0 bridgehead atoms. The Hall–Kier alpha value is -4.15. The van der Waals surface area contributed by atoms with Gasteiger partial charge in [0.15, 0.2) is 0 Å². The molecule has 0 atom stereocenters. The zero-order valence-electron chi connectivity index (χ0n) is 18.9. The van der Waals surface area contributed by atoms with Gasteiger partial charge >= 0.3 is 0 Å². The first kappa shape index (κ1) is 23.6. The Labute approximate surface area is 210 Å². The lowest BCUT2D eigenvalue weighted by Crippen LogP contribution is -2.15. The Morgan fingerprint density at radius 1 is 0.944 bits per heavy atom. The van der Waals surface area contributed by atoms with Gasteiger partial charge in [0.25, 0.3) is 15.7 Å². The van der Waals surface area contributed by atoms with Crippen LogP contribution in [0.5, 0.6) is 5.75 Å². The monoisotopic (exact) mass is 517 g/mol. The number of aromatic hydroxyl groups is 1. The fraction of sp³-hybridized carbons (Fsp3) is 0.0385. The zero-order chi connectivity index (χ0) is 25.4. The number of nitro benzene ring substituents is 1. The number of nitrogens with one attached hydrogen (secondary N) is 1. The van der Waals surface area contributed by atoms with Gasteiger partial charge in [0.05, 0.1) is 25.9 Å². The number of sulfonamides is 1. The second-order valence-corrected chi connectivity index (χ2v) is 10.8. The molecule has 0 amide bonds. The summed E-state index contributed by atoms with van der Waals surface area (Å²) in [5, 5.41) is 24.2. The highest BCUT2D eigenvalue weighted by molar-refractivity contribution is 7.99. The summed E-state index contributed by atoms with van der Waals surface area (Å²) in [6, 6.07) is 21.6. The number of aryl methyl sites for hydroxylation is 1. The Morgan fingerprint density at radius 3 is 2.47 bits per heavy atom. The highest BCUT2D eigenvalue weighted by Gasteiger charge is 2.23. The maximum Gasteiger partial charge on any atom is 0.270 e. The fourth-order valence-corrected chi connectivity index (χ4v) is 6.34. The molecule has 2 N–H and O–H groups in total. The molecule has 0 saturated heterocycles. The third kappa shape index (κ3) is 4.32. The molecule has 8 nitrogen and oxygen atoms in total. The number of fused-ring (bicyclic) bond motifs is 2. The minimum atomic E-state index is -4.19. The molecule has 1 aromatic heterocycles. The summed E-state index contributed by atoms with van der Waals surface area (Å²) in [7, 11) is -4.19. The van der Waals surface area contributed by atoms with Crippen molar-refractivity contribution in [1.29, 1.82) is 0 Å². The minimum Gasteiger partial charge on any atom is -0.506 e. The molecule has 0 aliphatic carbocycles. The molecule has 0 aliphatic rings. The van der Waals surface area contributed by atoms with Crippen LogP contribution in [0, 0.1) is 17.0 Å². The van der Waals surface area contributed by atoms with E-state index in [2.05, 4.69) is 9.71 Å². The van der Waals surface area contributed by atoms with E-state index in [-0.39, 0.29) is 22.0 Å². The van der Waals surface area contributed by atoms with Crippen LogP contribution in [0.4, 0.5) is 11.4 Å². The zero-order valence-corrected chi connectivity index (χ0v) is 20.5. The molecule has 36 heavy (non-hydrogen) atoms. The van der Waals surface area contributed by atoms with Crippen molar-refractivity contribution >= 4 is 54.8 Å². The fourth-order valence-electron chi connectivity index (χ4n) is 3.97. The van der Waals surface area contributed by atoms with Crippen molar-refractivity contribution in [3.8, 4) is 5.75 Å². The maximum atomic E-state index is 13.4. The predicted molar refractivity (Wildman–Crippen MR) is 140 cm³/mol. The lowest BCUT2D eigenvalue weighted by atomic mass is 10.1. The van der Waals surface area contributed by atoms with E-state index in [9.17, 15) is 23.6 Å². The van der Waals surface area contributed by atoms with Gasteiger partial charge in [-0.1, -0.05) is 60.3 Å². The second-order valence-electron chi connectivity index (χ2n) is 8.06. The first-order valence-corrected chi connectivity index (χ1v) is 13.1. The molecule has 0 spiro atoms. The molecule has 10 heteroatoms. The summed E-state index contributed by atoms with van der Waals surface area (Å²) in [5.74, 6) is 0.0120.